The Morgan fingerprint density at radius 1 is 1.00 bits per heavy atom. The Balaban J connectivity index is 2.02. The Kier molecular flexibility index (Phi) is 5.84. The minimum atomic E-state index is -1.84. The highest BCUT2D eigenvalue weighted by atomic mass is 28.3. The molecule has 1 aliphatic heterocycles. The van der Waals surface area contributed by atoms with Crippen LogP contribution in [0.3, 0.4) is 0 Å². The fourth-order valence-corrected chi connectivity index (χ4v) is 6.85. The van der Waals surface area contributed by atoms with Crippen LogP contribution in [0.15, 0.2) is 48.5 Å². The van der Waals surface area contributed by atoms with Crippen LogP contribution in [-0.4, -0.2) is 40.2 Å². The van der Waals surface area contributed by atoms with Gasteiger partial charge in [0.25, 0.3) is 0 Å². The number of carbonyl (C=O) groups excluding carboxylic acids is 2. The van der Waals surface area contributed by atoms with Gasteiger partial charge in [-0.1, -0.05) is 49.5 Å². The number of rotatable bonds is 6. The van der Waals surface area contributed by atoms with Gasteiger partial charge in [0.1, 0.15) is 11.8 Å². The summed E-state index contributed by atoms with van der Waals surface area (Å²) in [7, 11) is 1.13. The zero-order valence-electron chi connectivity index (χ0n) is 17.9. The van der Waals surface area contributed by atoms with Crippen molar-refractivity contribution in [2.45, 2.75) is 38.1 Å². The quantitative estimate of drug-likeness (QED) is 0.407. The van der Waals surface area contributed by atoms with Crippen LogP contribution < -0.4 is 9.64 Å². The topological polar surface area (TPSA) is 55.8 Å². The van der Waals surface area contributed by atoms with Crippen LogP contribution in [0, 0.1) is 12.8 Å². The molecule has 3 atom stereocenters. The van der Waals surface area contributed by atoms with Gasteiger partial charge in [0, 0.05) is 5.69 Å². The van der Waals surface area contributed by atoms with Gasteiger partial charge in [-0.2, -0.15) is 0 Å². The predicted molar refractivity (Wildman–Crippen MR) is 117 cm³/mol. The minimum Gasteiger partial charge on any atom is -0.497 e. The van der Waals surface area contributed by atoms with E-state index < -0.39 is 20.0 Å². The monoisotopic (exact) mass is 411 g/mol. The number of benzene rings is 2. The molecule has 0 aromatic heterocycles. The van der Waals surface area contributed by atoms with Gasteiger partial charge in [-0.3, -0.25) is 9.69 Å². The largest absolute Gasteiger partial charge is 0.497 e. The minimum absolute atomic E-state index is 0.0224. The van der Waals surface area contributed by atoms with Crippen LogP contribution in [0.4, 0.5) is 5.69 Å². The molecule has 0 radical (unpaired) electrons. The molecule has 0 saturated carbocycles. The van der Waals surface area contributed by atoms with Crippen molar-refractivity contribution in [3.05, 3.63) is 59.7 Å². The van der Waals surface area contributed by atoms with Gasteiger partial charge in [0.2, 0.25) is 5.91 Å². The summed E-state index contributed by atoms with van der Waals surface area (Å²) in [6.45, 7) is 8.78. The van der Waals surface area contributed by atoms with E-state index in [2.05, 4.69) is 43.9 Å². The Hall–Kier alpha value is -2.60. The first-order valence-electron chi connectivity index (χ1n) is 9.80. The third kappa shape index (κ3) is 3.94. The average Bonchev–Trinajstić information content (AvgIpc) is 2.69. The van der Waals surface area contributed by atoms with Gasteiger partial charge < -0.3 is 9.47 Å². The molecule has 0 spiro atoms. The lowest BCUT2D eigenvalue weighted by molar-refractivity contribution is -0.152. The molecule has 0 bridgehead atoms. The molecular weight excluding hydrogens is 382 g/mol. The standard InChI is InChI=1S/C23H29NO4Si/c1-15-7-9-16(10-8-15)21(29(4,5)6)19-20(23(26)28-3)24(22(19)25)17-11-13-18(27-2)14-12-17/h7-14,19-21H,1-6H3/t19-,20+,21-/m1/s1. The summed E-state index contributed by atoms with van der Waals surface area (Å²) >= 11 is 0. The van der Waals surface area contributed by atoms with Gasteiger partial charge in [-0.25, -0.2) is 4.79 Å². The second-order valence-electron chi connectivity index (χ2n) is 8.65. The van der Waals surface area contributed by atoms with Crippen molar-refractivity contribution in [1.82, 2.24) is 0 Å². The van der Waals surface area contributed by atoms with E-state index in [1.165, 1.54) is 12.7 Å². The number of aryl methyl sites for hydroxylation is 1. The lowest BCUT2D eigenvalue weighted by atomic mass is 9.81. The predicted octanol–water partition coefficient (Wildman–Crippen LogP) is 4.17. The van der Waals surface area contributed by atoms with Crippen molar-refractivity contribution < 1.29 is 19.1 Å². The summed E-state index contributed by atoms with van der Waals surface area (Å²) in [6, 6.07) is 14.9. The summed E-state index contributed by atoms with van der Waals surface area (Å²) < 4.78 is 10.3. The third-order valence-corrected chi connectivity index (χ3v) is 8.22. The van der Waals surface area contributed by atoms with Gasteiger partial charge >= 0.3 is 5.97 Å². The van der Waals surface area contributed by atoms with E-state index in [1.54, 1.807) is 36.3 Å². The van der Waals surface area contributed by atoms with Crippen LogP contribution in [0.5, 0.6) is 5.75 Å². The number of β-lactam (4-membered cyclic amide) rings is 1. The van der Waals surface area contributed by atoms with Crippen LogP contribution >= 0.6 is 0 Å². The summed E-state index contributed by atoms with van der Waals surface area (Å²) in [5, 5.41) is 0. The van der Waals surface area contributed by atoms with E-state index in [1.807, 2.05) is 6.92 Å². The lowest BCUT2D eigenvalue weighted by Gasteiger charge is -2.51. The summed E-state index contributed by atoms with van der Waals surface area (Å²) in [4.78, 5) is 27.7. The summed E-state index contributed by atoms with van der Waals surface area (Å²) in [5.74, 6) is -0.120. The van der Waals surface area contributed by atoms with Gasteiger partial charge in [-0.05, 0) is 42.3 Å². The third-order valence-electron chi connectivity index (χ3n) is 5.66. The SMILES string of the molecule is COC(=O)[C@@H]1[C@H]([C@@H](c2ccc(C)cc2)[Si](C)(C)C)C(=O)N1c1ccc(OC)cc1. The molecule has 1 heterocycles. The van der Waals surface area contributed by atoms with E-state index in [4.69, 9.17) is 9.47 Å². The first kappa shape index (κ1) is 21.1. The van der Waals surface area contributed by atoms with E-state index in [0.29, 0.717) is 11.4 Å². The van der Waals surface area contributed by atoms with Crippen molar-refractivity contribution >= 4 is 25.6 Å². The van der Waals surface area contributed by atoms with Crippen molar-refractivity contribution in [2.24, 2.45) is 5.92 Å². The highest BCUT2D eigenvalue weighted by Crippen LogP contribution is 2.46. The zero-order valence-corrected chi connectivity index (χ0v) is 18.9. The Morgan fingerprint density at radius 3 is 2.07 bits per heavy atom. The molecule has 154 valence electrons. The molecule has 6 heteroatoms. The smallest absolute Gasteiger partial charge is 0.329 e. The molecule has 1 saturated heterocycles. The van der Waals surface area contributed by atoms with Crippen LogP contribution in [0.2, 0.25) is 19.6 Å². The zero-order chi connectivity index (χ0) is 21.3. The highest BCUT2D eigenvalue weighted by molar-refractivity contribution is 6.78. The number of hydrogen-bond acceptors (Lipinski definition) is 4. The molecule has 5 nitrogen and oxygen atoms in total. The molecule has 2 aromatic rings. The highest BCUT2D eigenvalue weighted by Gasteiger charge is 2.58. The number of esters is 1. The molecular formula is C23H29NO4Si. The number of methoxy groups -OCH3 is 2. The number of amides is 1. The fourth-order valence-electron chi connectivity index (χ4n) is 4.26. The Morgan fingerprint density at radius 2 is 1.59 bits per heavy atom. The maximum absolute atomic E-state index is 13.4. The number of anilines is 1. The second-order valence-corrected chi connectivity index (χ2v) is 14.0. The molecule has 29 heavy (non-hydrogen) atoms. The second kappa shape index (κ2) is 8.03. The molecule has 0 N–H and O–H groups in total. The number of carbonyl (C=O) groups is 2. The number of hydrogen-bond donors (Lipinski definition) is 0. The molecule has 2 aromatic carbocycles. The van der Waals surface area contributed by atoms with Crippen molar-refractivity contribution in [3.8, 4) is 5.75 Å². The average molecular weight is 412 g/mol. The fraction of sp³-hybridized carbons (Fsp3) is 0.391. The van der Waals surface area contributed by atoms with E-state index >= 15 is 0 Å². The normalized spacial score (nSPS) is 20.1. The molecule has 3 rings (SSSR count). The van der Waals surface area contributed by atoms with Crippen LogP contribution in [-0.2, 0) is 14.3 Å². The molecule has 0 aliphatic carbocycles. The van der Waals surface area contributed by atoms with Gasteiger partial charge in [0.05, 0.1) is 28.2 Å². The van der Waals surface area contributed by atoms with E-state index in [0.717, 1.165) is 5.56 Å². The van der Waals surface area contributed by atoms with E-state index in [9.17, 15) is 9.59 Å². The van der Waals surface area contributed by atoms with E-state index in [-0.39, 0.29) is 17.4 Å². The molecule has 0 unspecified atom stereocenters. The molecule has 1 fully saturated rings. The first-order valence-corrected chi connectivity index (χ1v) is 13.4. The lowest BCUT2D eigenvalue weighted by Crippen LogP contribution is -2.68. The number of nitrogens with zero attached hydrogens (tertiary/aromatic N) is 1. The molecule has 1 aliphatic rings. The van der Waals surface area contributed by atoms with Crippen molar-refractivity contribution in [3.63, 3.8) is 0 Å². The number of ether oxygens (including phenoxy) is 2. The maximum Gasteiger partial charge on any atom is 0.329 e. The van der Waals surface area contributed by atoms with Crippen molar-refractivity contribution in [2.75, 3.05) is 19.1 Å². The Bertz CT molecular complexity index is 887. The summed E-state index contributed by atoms with van der Waals surface area (Å²) in [6.07, 6.45) is 0. The summed E-state index contributed by atoms with van der Waals surface area (Å²) in [5.41, 5.74) is 3.00. The van der Waals surface area contributed by atoms with Crippen LogP contribution in [0.1, 0.15) is 16.7 Å². The van der Waals surface area contributed by atoms with Crippen molar-refractivity contribution in [1.29, 1.82) is 0 Å². The maximum atomic E-state index is 13.4. The molecule has 1 amide bonds. The Labute approximate surface area is 173 Å². The van der Waals surface area contributed by atoms with Gasteiger partial charge in [0.15, 0.2) is 0 Å². The van der Waals surface area contributed by atoms with Gasteiger partial charge in [-0.15, -0.1) is 0 Å². The van der Waals surface area contributed by atoms with Crippen LogP contribution in [0.25, 0.3) is 0 Å². The first-order chi connectivity index (χ1) is 13.7.